The summed E-state index contributed by atoms with van der Waals surface area (Å²) in [5, 5.41) is 6.43. The number of carbonyl (C=O) groups is 2. The van der Waals surface area contributed by atoms with Crippen LogP contribution >= 0.6 is 27.5 Å². The molecule has 33 heavy (non-hydrogen) atoms. The molecule has 1 saturated carbocycles. The first-order valence-electron chi connectivity index (χ1n) is 12.1. The molecule has 2 fully saturated rings. The number of nitrogens with one attached hydrogen (secondary N) is 2. The van der Waals surface area contributed by atoms with Crippen molar-refractivity contribution in [1.82, 2.24) is 15.5 Å². The molecule has 1 saturated heterocycles. The Labute approximate surface area is 211 Å². The molecule has 0 aromatic heterocycles. The van der Waals surface area contributed by atoms with Gasteiger partial charge in [0.2, 0.25) is 5.91 Å². The third-order valence-electron chi connectivity index (χ3n) is 7.37. The molecule has 2 aliphatic rings. The Morgan fingerprint density at radius 3 is 2.39 bits per heavy atom. The van der Waals surface area contributed by atoms with E-state index in [1.807, 2.05) is 13.0 Å². The number of rotatable bonds is 7. The highest BCUT2D eigenvalue weighted by atomic mass is 79.9. The van der Waals surface area contributed by atoms with Gasteiger partial charge in [-0.2, -0.15) is 0 Å². The lowest BCUT2D eigenvalue weighted by Crippen LogP contribution is -2.50. The van der Waals surface area contributed by atoms with E-state index >= 15 is 0 Å². The van der Waals surface area contributed by atoms with Crippen LogP contribution in [0, 0.1) is 11.8 Å². The molecule has 0 radical (unpaired) electrons. The Kier molecular flexibility index (Phi) is 9.09. The average molecular weight is 542 g/mol. The van der Waals surface area contributed by atoms with Crippen LogP contribution in [0.15, 0.2) is 16.6 Å². The number of nitrogens with zero attached hydrogens (tertiary/aromatic N) is 2. The molecule has 6 nitrogen and oxygen atoms in total. The monoisotopic (exact) mass is 540 g/mol. The Balaban J connectivity index is 1.74. The first-order valence-corrected chi connectivity index (χ1v) is 13.3. The maximum Gasteiger partial charge on any atom is 0.252 e. The minimum absolute atomic E-state index is 0.00747. The molecule has 0 bridgehead atoms. The van der Waals surface area contributed by atoms with E-state index in [1.165, 1.54) is 0 Å². The van der Waals surface area contributed by atoms with Gasteiger partial charge in [-0.25, -0.2) is 0 Å². The summed E-state index contributed by atoms with van der Waals surface area (Å²) in [6.45, 7) is 7.35. The van der Waals surface area contributed by atoms with Crippen molar-refractivity contribution < 1.29 is 9.59 Å². The SMILES string of the molecule is CCN(c1cc(Br)cc(C(=O)NCC2C(=O)NC(C)CC2C)c1Cl)C1CCC(N(C)C)CC1. The summed E-state index contributed by atoms with van der Waals surface area (Å²) in [6, 6.07) is 4.99. The molecule has 1 aromatic carbocycles. The second-order valence-corrected chi connectivity index (χ2v) is 11.2. The van der Waals surface area contributed by atoms with Crippen LogP contribution in [0.2, 0.25) is 5.02 Å². The molecule has 184 valence electrons. The summed E-state index contributed by atoms with van der Waals surface area (Å²) in [5.41, 5.74) is 1.34. The predicted molar refractivity (Wildman–Crippen MR) is 139 cm³/mol. The van der Waals surface area contributed by atoms with Gasteiger partial charge >= 0.3 is 0 Å². The van der Waals surface area contributed by atoms with Crippen molar-refractivity contribution in [2.24, 2.45) is 11.8 Å². The minimum atomic E-state index is -0.242. The summed E-state index contributed by atoms with van der Waals surface area (Å²) in [4.78, 5) is 30.2. The van der Waals surface area contributed by atoms with Gasteiger partial charge in [0, 0.05) is 35.7 Å². The molecule has 1 heterocycles. The van der Waals surface area contributed by atoms with E-state index < -0.39 is 0 Å². The molecule has 3 rings (SSSR count). The van der Waals surface area contributed by atoms with Gasteiger partial charge in [0.25, 0.3) is 5.91 Å². The van der Waals surface area contributed by atoms with E-state index in [2.05, 4.69) is 64.3 Å². The summed E-state index contributed by atoms with van der Waals surface area (Å²) in [6.07, 6.45) is 5.44. The summed E-state index contributed by atoms with van der Waals surface area (Å²) in [5.74, 6) is -0.244. The molecular formula is C25H38BrClN4O2. The van der Waals surface area contributed by atoms with Crippen LogP contribution < -0.4 is 15.5 Å². The fourth-order valence-electron chi connectivity index (χ4n) is 5.44. The third kappa shape index (κ3) is 6.23. The number of halogens is 2. The normalized spacial score (nSPS) is 27.9. The lowest BCUT2D eigenvalue weighted by molar-refractivity contribution is -0.129. The Morgan fingerprint density at radius 2 is 1.82 bits per heavy atom. The lowest BCUT2D eigenvalue weighted by atomic mass is 9.84. The van der Waals surface area contributed by atoms with Crippen molar-refractivity contribution in [3.63, 3.8) is 0 Å². The second-order valence-electron chi connectivity index (χ2n) is 9.94. The quantitative estimate of drug-likeness (QED) is 0.526. The van der Waals surface area contributed by atoms with Gasteiger partial charge in [0.15, 0.2) is 0 Å². The number of anilines is 1. The molecule has 1 aliphatic carbocycles. The van der Waals surface area contributed by atoms with Crippen LogP contribution in [0.4, 0.5) is 5.69 Å². The maximum atomic E-state index is 13.1. The van der Waals surface area contributed by atoms with Crippen molar-refractivity contribution in [2.45, 2.75) is 71.0 Å². The molecule has 1 aliphatic heterocycles. The first kappa shape index (κ1) is 26.3. The van der Waals surface area contributed by atoms with Crippen LogP contribution in [-0.4, -0.2) is 62.0 Å². The number of benzene rings is 1. The van der Waals surface area contributed by atoms with E-state index in [0.717, 1.165) is 48.8 Å². The predicted octanol–water partition coefficient (Wildman–Crippen LogP) is 4.69. The molecule has 2 N–H and O–H groups in total. The first-order chi connectivity index (χ1) is 15.6. The zero-order valence-electron chi connectivity index (χ0n) is 20.5. The molecular weight excluding hydrogens is 504 g/mol. The molecule has 1 aromatic rings. The highest BCUT2D eigenvalue weighted by Gasteiger charge is 2.33. The van der Waals surface area contributed by atoms with Crippen LogP contribution in [0.3, 0.4) is 0 Å². The number of carbonyl (C=O) groups excluding carboxylic acids is 2. The Hall–Kier alpha value is -1.31. The van der Waals surface area contributed by atoms with Gasteiger partial charge in [0.1, 0.15) is 0 Å². The van der Waals surface area contributed by atoms with Crippen LogP contribution in [0.1, 0.15) is 63.2 Å². The third-order valence-corrected chi connectivity index (χ3v) is 8.23. The van der Waals surface area contributed by atoms with Gasteiger partial charge in [-0.15, -0.1) is 0 Å². The summed E-state index contributed by atoms with van der Waals surface area (Å²) >= 11 is 10.4. The number of hydrogen-bond acceptors (Lipinski definition) is 4. The summed E-state index contributed by atoms with van der Waals surface area (Å²) < 4.78 is 0.824. The highest BCUT2D eigenvalue weighted by molar-refractivity contribution is 9.10. The van der Waals surface area contributed by atoms with Gasteiger partial charge < -0.3 is 20.4 Å². The highest BCUT2D eigenvalue weighted by Crippen LogP contribution is 2.37. The maximum absolute atomic E-state index is 13.1. The molecule has 3 atom stereocenters. The molecule has 3 unspecified atom stereocenters. The van der Waals surface area contributed by atoms with Crippen molar-refractivity contribution in [2.75, 3.05) is 32.1 Å². The van der Waals surface area contributed by atoms with E-state index in [0.29, 0.717) is 29.2 Å². The molecule has 0 spiro atoms. The van der Waals surface area contributed by atoms with E-state index in [9.17, 15) is 9.59 Å². The van der Waals surface area contributed by atoms with Crippen molar-refractivity contribution >= 4 is 45.0 Å². The van der Waals surface area contributed by atoms with Crippen LogP contribution in [-0.2, 0) is 4.79 Å². The van der Waals surface area contributed by atoms with Crippen molar-refractivity contribution in [3.05, 3.63) is 27.2 Å². The van der Waals surface area contributed by atoms with E-state index in [4.69, 9.17) is 11.6 Å². The topological polar surface area (TPSA) is 64.7 Å². The Morgan fingerprint density at radius 1 is 1.18 bits per heavy atom. The number of amides is 2. The summed E-state index contributed by atoms with van der Waals surface area (Å²) in [7, 11) is 4.30. The van der Waals surface area contributed by atoms with Gasteiger partial charge in [-0.05, 0) is 78.1 Å². The van der Waals surface area contributed by atoms with Crippen molar-refractivity contribution in [3.8, 4) is 0 Å². The number of piperidine rings is 1. The van der Waals surface area contributed by atoms with Gasteiger partial charge in [0.05, 0.1) is 22.2 Å². The van der Waals surface area contributed by atoms with Gasteiger partial charge in [-0.1, -0.05) is 34.5 Å². The van der Waals surface area contributed by atoms with E-state index in [-0.39, 0.29) is 29.7 Å². The average Bonchev–Trinajstić information content (AvgIpc) is 2.75. The minimum Gasteiger partial charge on any atom is -0.368 e. The standard InChI is InChI=1S/C25H38BrClN4O2/c1-6-31(19-9-7-18(8-10-19)30(4)5)22-13-17(26)12-20(23(22)27)24(32)28-14-21-15(2)11-16(3)29-25(21)33/h12-13,15-16,18-19,21H,6-11,14H2,1-5H3,(H,28,32)(H,29,33). The zero-order chi connectivity index (χ0) is 24.3. The fraction of sp³-hybridized carbons (Fsp3) is 0.680. The van der Waals surface area contributed by atoms with E-state index in [1.54, 1.807) is 6.07 Å². The Bertz CT molecular complexity index is 857. The smallest absolute Gasteiger partial charge is 0.252 e. The second kappa shape index (κ2) is 11.4. The zero-order valence-corrected chi connectivity index (χ0v) is 22.8. The largest absolute Gasteiger partial charge is 0.368 e. The number of hydrogen-bond donors (Lipinski definition) is 2. The molecule has 2 amide bonds. The molecule has 8 heteroatoms. The van der Waals surface area contributed by atoms with Gasteiger partial charge in [-0.3, -0.25) is 9.59 Å². The van der Waals surface area contributed by atoms with Crippen molar-refractivity contribution in [1.29, 1.82) is 0 Å². The fourth-order valence-corrected chi connectivity index (χ4v) is 6.19. The lowest BCUT2D eigenvalue weighted by Gasteiger charge is -2.40. The van der Waals surface area contributed by atoms with Crippen LogP contribution in [0.25, 0.3) is 0 Å². The van der Waals surface area contributed by atoms with Crippen LogP contribution in [0.5, 0.6) is 0 Å².